The third-order valence-electron chi connectivity index (χ3n) is 4.63. The summed E-state index contributed by atoms with van der Waals surface area (Å²) in [5, 5.41) is 6.42. The van der Waals surface area contributed by atoms with E-state index in [9.17, 15) is 14.4 Å². The molecule has 2 heterocycles. The molecule has 0 bridgehead atoms. The van der Waals surface area contributed by atoms with Crippen LogP contribution in [0.5, 0.6) is 0 Å². The molecule has 2 aromatic carbocycles. The lowest BCUT2D eigenvalue weighted by atomic mass is 10.1. The summed E-state index contributed by atoms with van der Waals surface area (Å²) < 4.78 is 5.16. The first-order valence-corrected chi connectivity index (χ1v) is 8.81. The summed E-state index contributed by atoms with van der Waals surface area (Å²) >= 11 is 0. The Bertz CT molecular complexity index is 1030. The Kier molecular flexibility index (Phi) is 4.49. The number of amides is 3. The number of benzene rings is 2. The van der Waals surface area contributed by atoms with Crippen LogP contribution in [0.3, 0.4) is 0 Å². The fourth-order valence-corrected chi connectivity index (χ4v) is 3.11. The van der Waals surface area contributed by atoms with E-state index in [0.29, 0.717) is 16.7 Å². The van der Waals surface area contributed by atoms with Crippen molar-refractivity contribution in [1.29, 1.82) is 0 Å². The van der Waals surface area contributed by atoms with Crippen molar-refractivity contribution in [3.8, 4) is 11.1 Å². The maximum atomic E-state index is 12.3. The van der Waals surface area contributed by atoms with Gasteiger partial charge >= 0.3 is 0 Å². The van der Waals surface area contributed by atoms with E-state index < -0.39 is 0 Å². The zero-order valence-electron chi connectivity index (χ0n) is 15.1. The number of nitrogens with zero attached hydrogens (tertiary/aromatic N) is 2. The van der Waals surface area contributed by atoms with Crippen LogP contribution < -0.4 is 5.32 Å². The van der Waals surface area contributed by atoms with Crippen LogP contribution in [0.4, 0.5) is 5.88 Å². The van der Waals surface area contributed by atoms with Gasteiger partial charge in [-0.1, -0.05) is 47.1 Å². The van der Waals surface area contributed by atoms with Crippen molar-refractivity contribution in [3.63, 3.8) is 0 Å². The lowest BCUT2D eigenvalue weighted by Gasteiger charge is -2.13. The van der Waals surface area contributed by atoms with Gasteiger partial charge in [0.1, 0.15) is 0 Å². The molecule has 0 spiro atoms. The summed E-state index contributed by atoms with van der Waals surface area (Å²) in [6.45, 7) is 1.98. The van der Waals surface area contributed by atoms with Crippen molar-refractivity contribution < 1.29 is 18.9 Å². The molecule has 0 unspecified atom stereocenters. The van der Waals surface area contributed by atoms with Gasteiger partial charge in [-0.2, -0.15) is 0 Å². The monoisotopic (exact) mass is 375 g/mol. The molecule has 140 valence electrons. The van der Waals surface area contributed by atoms with E-state index in [-0.39, 0.29) is 36.6 Å². The van der Waals surface area contributed by atoms with Crippen LogP contribution in [0.1, 0.15) is 32.7 Å². The second-order valence-corrected chi connectivity index (χ2v) is 6.54. The highest BCUT2D eigenvalue weighted by Gasteiger charge is 2.35. The van der Waals surface area contributed by atoms with Gasteiger partial charge in [0.05, 0.1) is 22.9 Å². The van der Waals surface area contributed by atoms with Gasteiger partial charge in [-0.15, -0.1) is 0 Å². The first kappa shape index (κ1) is 17.7. The minimum Gasteiger partial charge on any atom is -0.338 e. The maximum Gasteiger partial charge on any atom is 0.261 e. The molecule has 3 amide bonds. The molecule has 7 nitrogen and oxygen atoms in total. The molecule has 1 aliphatic heterocycles. The van der Waals surface area contributed by atoms with Crippen molar-refractivity contribution in [2.45, 2.75) is 13.3 Å². The highest BCUT2D eigenvalue weighted by atomic mass is 16.5. The first-order chi connectivity index (χ1) is 13.5. The number of aryl methyl sites for hydroxylation is 1. The number of anilines is 1. The van der Waals surface area contributed by atoms with Gasteiger partial charge in [0.15, 0.2) is 0 Å². The largest absolute Gasteiger partial charge is 0.338 e. The number of imide groups is 1. The fourth-order valence-electron chi connectivity index (χ4n) is 3.11. The van der Waals surface area contributed by atoms with Gasteiger partial charge in [0.25, 0.3) is 11.8 Å². The number of carbonyl (C=O) groups excluding carboxylic acids is 3. The molecule has 1 aliphatic rings. The van der Waals surface area contributed by atoms with E-state index in [4.69, 9.17) is 4.52 Å². The third kappa shape index (κ3) is 3.18. The van der Waals surface area contributed by atoms with Crippen molar-refractivity contribution in [2.24, 2.45) is 0 Å². The normalized spacial score (nSPS) is 13.0. The van der Waals surface area contributed by atoms with Gasteiger partial charge in [0, 0.05) is 13.0 Å². The van der Waals surface area contributed by atoms with Crippen LogP contribution in [0.25, 0.3) is 11.1 Å². The molecule has 1 N–H and O–H groups in total. The van der Waals surface area contributed by atoms with Crippen LogP contribution in [0, 0.1) is 6.92 Å². The maximum absolute atomic E-state index is 12.3. The molecule has 0 atom stereocenters. The van der Waals surface area contributed by atoms with Gasteiger partial charge in [-0.3, -0.25) is 24.6 Å². The van der Waals surface area contributed by atoms with Gasteiger partial charge < -0.3 is 4.52 Å². The van der Waals surface area contributed by atoms with Crippen molar-refractivity contribution in [1.82, 2.24) is 10.1 Å². The predicted octanol–water partition coefficient (Wildman–Crippen LogP) is 3.27. The summed E-state index contributed by atoms with van der Waals surface area (Å²) in [5.74, 6) is -0.903. The summed E-state index contributed by atoms with van der Waals surface area (Å²) in [5.41, 5.74) is 3.37. The highest BCUT2D eigenvalue weighted by Crippen LogP contribution is 2.28. The number of carbonyl (C=O) groups is 3. The Labute approximate surface area is 160 Å². The molecule has 3 aromatic rings. The van der Waals surface area contributed by atoms with Gasteiger partial charge in [-0.25, -0.2) is 0 Å². The minimum atomic E-state index is -0.381. The van der Waals surface area contributed by atoms with E-state index in [0.717, 1.165) is 16.0 Å². The Morgan fingerprint density at radius 2 is 1.64 bits per heavy atom. The summed E-state index contributed by atoms with van der Waals surface area (Å²) in [4.78, 5) is 38.1. The smallest absolute Gasteiger partial charge is 0.261 e. The minimum absolute atomic E-state index is 0.00776. The Hall–Kier alpha value is -3.74. The molecule has 0 aliphatic carbocycles. The van der Waals surface area contributed by atoms with Crippen molar-refractivity contribution in [2.75, 3.05) is 11.9 Å². The second kappa shape index (κ2) is 7.11. The number of nitrogens with one attached hydrogen (secondary N) is 1. The van der Waals surface area contributed by atoms with Crippen LogP contribution in [0.15, 0.2) is 59.3 Å². The standard InChI is InChI=1S/C21H17N3O4/c1-13-6-8-14(9-7-13)17-12-22-28-19(17)23-18(25)10-11-24-20(26)15-4-2-3-5-16(15)21(24)27/h2-9,12H,10-11H2,1H3,(H,23,25). The molecule has 1 aromatic heterocycles. The van der Waals surface area contributed by atoms with Crippen LogP contribution in [-0.4, -0.2) is 34.3 Å². The molecule has 0 radical (unpaired) electrons. The number of aromatic nitrogens is 1. The van der Waals surface area contributed by atoms with Crippen molar-refractivity contribution in [3.05, 3.63) is 71.4 Å². The summed E-state index contributed by atoms with van der Waals surface area (Å²) in [6, 6.07) is 14.4. The zero-order valence-corrected chi connectivity index (χ0v) is 15.1. The Morgan fingerprint density at radius 3 is 2.29 bits per heavy atom. The van der Waals surface area contributed by atoms with Crippen LogP contribution >= 0.6 is 0 Å². The fraction of sp³-hybridized carbons (Fsp3) is 0.143. The van der Waals surface area contributed by atoms with Crippen LogP contribution in [0.2, 0.25) is 0 Å². The molecule has 0 fully saturated rings. The summed E-state index contributed by atoms with van der Waals surface area (Å²) in [7, 11) is 0. The number of hydrogen-bond acceptors (Lipinski definition) is 5. The molecule has 7 heteroatoms. The topological polar surface area (TPSA) is 92.5 Å². The molecule has 28 heavy (non-hydrogen) atoms. The van der Waals surface area contributed by atoms with Crippen LogP contribution in [-0.2, 0) is 4.79 Å². The van der Waals surface area contributed by atoms with E-state index in [1.807, 2.05) is 31.2 Å². The summed E-state index contributed by atoms with van der Waals surface area (Å²) in [6.07, 6.45) is 1.49. The SMILES string of the molecule is Cc1ccc(-c2cnoc2NC(=O)CCN2C(=O)c3ccccc3C2=O)cc1. The average molecular weight is 375 g/mol. The Morgan fingerprint density at radius 1 is 1.00 bits per heavy atom. The molecule has 0 saturated heterocycles. The number of rotatable bonds is 5. The van der Waals surface area contributed by atoms with E-state index in [2.05, 4.69) is 10.5 Å². The lowest BCUT2D eigenvalue weighted by Crippen LogP contribution is -2.32. The average Bonchev–Trinajstić information content (AvgIpc) is 3.25. The lowest BCUT2D eigenvalue weighted by molar-refractivity contribution is -0.116. The molecule has 4 rings (SSSR count). The number of fused-ring (bicyclic) bond motifs is 1. The van der Waals surface area contributed by atoms with Gasteiger partial charge in [0.2, 0.25) is 11.8 Å². The quantitative estimate of drug-likeness (QED) is 0.691. The molecule has 0 saturated carbocycles. The Balaban J connectivity index is 1.41. The second-order valence-electron chi connectivity index (χ2n) is 6.54. The van der Waals surface area contributed by atoms with E-state index in [1.54, 1.807) is 24.3 Å². The predicted molar refractivity (Wildman–Crippen MR) is 102 cm³/mol. The van der Waals surface area contributed by atoms with Gasteiger partial charge in [-0.05, 0) is 24.6 Å². The molecular weight excluding hydrogens is 358 g/mol. The zero-order chi connectivity index (χ0) is 19.7. The van der Waals surface area contributed by atoms with E-state index >= 15 is 0 Å². The first-order valence-electron chi connectivity index (χ1n) is 8.81. The highest BCUT2D eigenvalue weighted by molar-refractivity contribution is 6.21. The number of hydrogen-bond donors (Lipinski definition) is 1. The third-order valence-corrected chi connectivity index (χ3v) is 4.63. The van der Waals surface area contributed by atoms with E-state index in [1.165, 1.54) is 6.20 Å². The van der Waals surface area contributed by atoms with Crippen molar-refractivity contribution >= 4 is 23.6 Å². The molecular formula is C21H17N3O4.